The van der Waals surface area contributed by atoms with E-state index in [9.17, 15) is 14.4 Å². The Balaban J connectivity index is 0. The summed E-state index contributed by atoms with van der Waals surface area (Å²) in [6.07, 6.45) is 4.63. The van der Waals surface area contributed by atoms with Gasteiger partial charge in [0.25, 0.3) is 0 Å². The van der Waals surface area contributed by atoms with Gasteiger partial charge in [0.1, 0.15) is 0 Å². The number of alkyl carbamates (subject to hydrolysis) is 1. The number of nitrogens with one attached hydrogen (secondary N) is 2. The fraction of sp³-hybridized carbons (Fsp3) is 0.467. The number of aromatic amines is 1. The SMILES string of the molecule is CC(C)(C)NC(=O)OCCCc1cnc[nH]1.O.O=C/C(O)=C(\O)C=O. The number of rotatable bonds is 6. The summed E-state index contributed by atoms with van der Waals surface area (Å²) < 4.78 is 5.03. The van der Waals surface area contributed by atoms with Gasteiger partial charge in [-0.3, -0.25) is 9.59 Å². The third kappa shape index (κ3) is 13.3. The molecule has 1 heterocycles. The maximum absolute atomic E-state index is 11.3. The fourth-order valence-electron chi connectivity index (χ4n) is 1.31. The molecule has 0 unspecified atom stereocenters. The molecule has 0 radical (unpaired) electrons. The Bertz CT molecular complexity index is 532. The summed E-state index contributed by atoms with van der Waals surface area (Å²) in [7, 11) is 0. The number of aromatic nitrogens is 2. The molecule has 0 aromatic carbocycles. The number of imidazole rings is 1. The standard InChI is InChI=1S/C11H19N3O2.C4H4O4.H2O/c1-11(2,3)14-10(15)16-6-4-5-9-7-12-8-13-9;5-1-3(7)4(8)2-6;/h7-8H,4-6H2,1-3H3,(H,12,13)(H,14,15);1-2,7-8H;1H2/b;4-3+;. The minimum absolute atomic E-state index is 0. The number of carbonyl (C=O) groups is 3. The molecular weight excluding hydrogens is 334 g/mol. The van der Waals surface area contributed by atoms with Crippen molar-refractivity contribution in [2.24, 2.45) is 0 Å². The highest BCUT2D eigenvalue weighted by Crippen LogP contribution is 2.00. The van der Waals surface area contributed by atoms with Gasteiger partial charge in [-0.15, -0.1) is 0 Å². The second-order valence-electron chi connectivity index (χ2n) is 5.70. The van der Waals surface area contributed by atoms with Crippen molar-refractivity contribution < 1.29 is 34.8 Å². The van der Waals surface area contributed by atoms with E-state index in [0.29, 0.717) is 6.61 Å². The number of aliphatic hydroxyl groups is 2. The molecule has 0 bridgehead atoms. The first-order valence-electron chi connectivity index (χ1n) is 7.14. The van der Waals surface area contributed by atoms with Crippen molar-refractivity contribution in [1.29, 1.82) is 0 Å². The third-order valence-electron chi connectivity index (χ3n) is 2.34. The summed E-state index contributed by atoms with van der Waals surface area (Å²) in [4.78, 5) is 37.1. The van der Waals surface area contributed by atoms with Gasteiger partial charge in [0.2, 0.25) is 11.5 Å². The van der Waals surface area contributed by atoms with Crippen LogP contribution in [0.4, 0.5) is 4.79 Å². The number of carbonyl (C=O) groups excluding carboxylic acids is 3. The molecule has 0 spiro atoms. The fourth-order valence-corrected chi connectivity index (χ4v) is 1.31. The predicted molar refractivity (Wildman–Crippen MR) is 89.2 cm³/mol. The lowest BCUT2D eigenvalue weighted by molar-refractivity contribution is -0.110. The Morgan fingerprint density at radius 1 is 1.28 bits per heavy atom. The van der Waals surface area contributed by atoms with Crippen LogP contribution in [0, 0.1) is 0 Å². The largest absolute Gasteiger partial charge is 0.502 e. The van der Waals surface area contributed by atoms with Crippen LogP contribution in [0.15, 0.2) is 24.0 Å². The molecule has 1 aromatic heterocycles. The summed E-state index contributed by atoms with van der Waals surface area (Å²) in [5.74, 6) is -1.89. The second kappa shape index (κ2) is 12.5. The molecule has 142 valence electrons. The van der Waals surface area contributed by atoms with Crippen molar-refractivity contribution in [3.63, 3.8) is 0 Å². The van der Waals surface area contributed by atoms with Gasteiger partial charge < -0.3 is 30.7 Å². The highest BCUT2D eigenvalue weighted by atomic mass is 16.5. The highest BCUT2D eigenvalue weighted by molar-refractivity contribution is 5.81. The zero-order chi connectivity index (χ0) is 18.6. The number of allylic oxidation sites excluding steroid dienone is 2. The maximum Gasteiger partial charge on any atom is 0.407 e. The summed E-state index contributed by atoms with van der Waals surface area (Å²) in [6.45, 7) is 6.16. The topological polar surface area (TPSA) is 173 Å². The van der Waals surface area contributed by atoms with E-state index in [0.717, 1.165) is 18.5 Å². The lowest BCUT2D eigenvalue weighted by atomic mass is 10.1. The summed E-state index contributed by atoms with van der Waals surface area (Å²) >= 11 is 0. The van der Waals surface area contributed by atoms with Crippen LogP contribution in [0.5, 0.6) is 0 Å². The molecule has 0 aliphatic rings. The number of aldehydes is 2. The molecule has 0 saturated heterocycles. The van der Waals surface area contributed by atoms with E-state index in [1.165, 1.54) is 0 Å². The van der Waals surface area contributed by atoms with Crippen LogP contribution in [0.3, 0.4) is 0 Å². The molecule has 1 amide bonds. The van der Waals surface area contributed by atoms with E-state index in [1.807, 2.05) is 20.8 Å². The first-order valence-corrected chi connectivity index (χ1v) is 7.14. The van der Waals surface area contributed by atoms with Gasteiger partial charge in [0.15, 0.2) is 12.6 Å². The maximum atomic E-state index is 11.3. The molecule has 10 nitrogen and oxygen atoms in total. The average Bonchev–Trinajstić information content (AvgIpc) is 3.02. The Hall–Kier alpha value is -2.88. The van der Waals surface area contributed by atoms with Gasteiger partial charge in [-0.1, -0.05) is 0 Å². The lowest BCUT2D eigenvalue weighted by Gasteiger charge is -2.19. The predicted octanol–water partition coefficient (Wildman–Crippen LogP) is 0.754. The number of hydrogen-bond acceptors (Lipinski definition) is 7. The van der Waals surface area contributed by atoms with E-state index in [2.05, 4.69) is 15.3 Å². The molecule has 25 heavy (non-hydrogen) atoms. The van der Waals surface area contributed by atoms with Crippen molar-refractivity contribution in [3.8, 4) is 0 Å². The number of amides is 1. The molecule has 1 rings (SSSR count). The molecular formula is C15H25N3O7. The number of ether oxygens (including phenoxy) is 1. The van der Waals surface area contributed by atoms with Crippen LogP contribution in [0.2, 0.25) is 0 Å². The first-order chi connectivity index (χ1) is 11.2. The van der Waals surface area contributed by atoms with Crippen LogP contribution in [-0.4, -0.2) is 56.5 Å². The second-order valence-corrected chi connectivity index (χ2v) is 5.70. The van der Waals surface area contributed by atoms with E-state index < -0.39 is 11.5 Å². The number of aryl methyl sites for hydroxylation is 1. The van der Waals surface area contributed by atoms with Crippen LogP contribution in [-0.2, 0) is 20.7 Å². The third-order valence-corrected chi connectivity index (χ3v) is 2.34. The van der Waals surface area contributed by atoms with E-state index in [1.54, 1.807) is 12.5 Å². The van der Waals surface area contributed by atoms with Crippen LogP contribution >= 0.6 is 0 Å². The van der Waals surface area contributed by atoms with Gasteiger partial charge in [-0.25, -0.2) is 9.78 Å². The zero-order valence-electron chi connectivity index (χ0n) is 14.4. The quantitative estimate of drug-likeness (QED) is 0.251. The minimum Gasteiger partial charge on any atom is -0.502 e. The minimum atomic E-state index is -0.944. The Labute approximate surface area is 145 Å². The van der Waals surface area contributed by atoms with Crippen molar-refractivity contribution in [1.82, 2.24) is 15.3 Å². The van der Waals surface area contributed by atoms with Gasteiger partial charge in [-0.2, -0.15) is 0 Å². The van der Waals surface area contributed by atoms with Crippen LogP contribution in [0.1, 0.15) is 32.9 Å². The van der Waals surface area contributed by atoms with Gasteiger partial charge >= 0.3 is 6.09 Å². The van der Waals surface area contributed by atoms with Gasteiger partial charge in [0, 0.05) is 17.4 Å². The molecule has 0 aliphatic heterocycles. The first kappa shape index (κ1) is 24.4. The summed E-state index contributed by atoms with van der Waals surface area (Å²) in [5.41, 5.74) is 0.806. The highest BCUT2D eigenvalue weighted by Gasteiger charge is 2.14. The van der Waals surface area contributed by atoms with Crippen molar-refractivity contribution in [3.05, 3.63) is 29.7 Å². The molecule has 1 aromatic rings. The Morgan fingerprint density at radius 2 is 1.84 bits per heavy atom. The van der Waals surface area contributed by atoms with E-state index >= 15 is 0 Å². The van der Waals surface area contributed by atoms with E-state index in [-0.39, 0.29) is 29.7 Å². The van der Waals surface area contributed by atoms with Crippen molar-refractivity contribution in [2.75, 3.05) is 6.61 Å². The van der Waals surface area contributed by atoms with E-state index in [4.69, 9.17) is 14.9 Å². The molecule has 0 fully saturated rings. The van der Waals surface area contributed by atoms with Gasteiger partial charge in [-0.05, 0) is 33.6 Å². The Kier molecular flexibility index (Phi) is 12.2. The normalized spacial score (nSPS) is 11.0. The van der Waals surface area contributed by atoms with Crippen LogP contribution < -0.4 is 5.32 Å². The number of H-pyrrole nitrogens is 1. The number of nitrogens with zero attached hydrogens (tertiary/aromatic N) is 1. The number of hydrogen-bond donors (Lipinski definition) is 4. The monoisotopic (exact) mass is 359 g/mol. The Morgan fingerprint density at radius 3 is 2.24 bits per heavy atom. The van der Waals surface area contributed by atoms with Crippen LogP contribution in [0.25, 0.3) is 0 Å². The molecule has 10 heteroatoms. The molecule has 6 N–H and O–H groups in total. The zero-order valence-corrected chi connectivity index (χ0v) is 14.4. The van der Waals surface area contributed by atoms with Crippen molar-refractivity contribution >= 4 is 18.7 Å². The molecule has 0 atom stereocenters. The van der Waals surface area contributed by atoms with Gasteiger partial charge in [0.05, 0.1) is 12.9 Å². The molecule has 0 saturated carbocycles. The number of aliphatic hydroxyl groups excluding tert-OH is 2. The summed E-state index contributed by atoms with van der Waals surface area (Å²) in [5, 5.41) is 19.0. The average molecular weight is 359 g/mol. The lowest BCUT2D eigenvalue weighted by Crippen LogP contribution is -2.41. The smallest absolute Gasteiger partial charge is 0.407 e. The van der Waals surface area contributed by atoms with Crippen molar-refractivity contribution in [2.45, 2.75) is 39.2 Å². The summed E-state index contributed by atoms with van der Waals surface area (Å²) in [6, 6.07) is 0. The molecule has 0 aliphatic carbocycles.